The molecule has 3 aromatic rings. The highest BCUT2D eigenvalue weighted by molar-refractivity contribution is 6.06. The molecule has 0 aliphatic rings. The third-order valence-electron chi connectivity index (χ3n) is 3.89. The lowest BCUT2D eigenvalue weighted by molar-refractivity contribution is 0.0775. The molecule has 3 aromatic carbocycles. The zero-order valence-corrected chi connectivity index (χ0v) is 13.4. The smallest absolute Gasteiger partial charge is 0.254 e. The second-order valence-electron chi connectivity index (χ2n) is 5.53. The van der Waals surface area contributed by atoms with Crippen LogP contribution in [0.1, 0.15) is 10.4 Å². The average molecular weight is 323 g/mol. The van der Waals surface area contributed by atoms with Crippen molar-refractivity contribution in [3.63, 3.8) is 0 Å². The second kappa shape index (κ2) is 7.13. The molecule has 0 N–H and O–H groups in total. The number of benzene rings is 3. The largest absolute Gasteiger partial charge is 0.489 e. The number of ether oxygens (including phenoxy) is 1. The van der Waals surface area contributed by atoms with E-state index in [2.05, 4.69) is 0 Å². The fourth-order valence-corrected chi connectivity index (χ4v) is 2.57. The molecule has 0 heterocycles. The molecule has 3 nitrogen and oxygen atoms in total. The topological polar surface area (TPSA) is 29.5 Å². The van der Waals surface area contributed by atoms with Gasteiger partial charge in [0.1, 0.15) is 6.61 Å². The summed E-state index contributed by atoms with van der Waals surface area (Å²) in [6.45, 7) is 0.602. The Balaban J connectivity index is 1.67. The number of carbonyl (C=O) groups is 1. The Bertz CT molecular complexity index is 858. The minimum Gasteiger partial charge on any atom is -0.489 e. The van der Waals surface area contributed by atoms with Crippen molar-refractivity contribution >= 4 is 16.7 Å². The molecule has 24 heavy (non-hydrogen) atoms. The number of para-hydroxylation sites is 1. The van der Waals surface area contributed by atoms with Gasteiger partial charge in [-0.05, 0) is 29.0 Å². The number of halogens is 1. The Morgan fingerprint density at radius 3 is 2.54 bits per heavy atom. The maximum atomic E-state index is 13.5. The van der Waals surface area contributed by atoms with Crippen molar-refractivity contribution < 1.29 is 13.9 Å². The van der Waals surface area contributed by atoms with Gasteiger partial charge in [-0.25, -0.2) is 4.39 Å². The summed E-state index contributed by atoms with van der Waals surface area (Å²) in [5.41, 5.74) is 0.654. The van der Waals surface area contributed by atoms with Crippen molar-refractivity contribution in [1.82, 2.24) is 4.90 Å². The Labute approximate surface area is 140 Å². The number of amides is 1. The molecular formula is C20H18FNO2. The van der Waals surface area contributed by atoms with E-state index in [4.69, 9.17) is 4.74 Å². The Kier molecular flexibility index (Phi) is 4.75. The van der Waals surface area contributed by atoms with Crippen LogP contribution in [-0.2, 0) is 0 Å². The lowest BCUT2D eigenvalue weighted by Crippen LogP contribution is -2.31. The fourth-order valence-electron chi connectivity index (χ4n) is 2.57. The van der Waals surface area contributed by atoms with Crippen molar-refractivity contribution in [2.45, 2.75) is 0 Å². The minimum absolute atomic E-state index is 0.0797. The maximum absolute atomic E-state index is 13.5. The molecule has 0 saturated carbocycles. The highest BCUT2D eigenvalue weighted by atomic mass is 19.1. The van der Waals surface area contributed by atoms with Gasteiger partial charge in [-0.2, -0.15) is 0 Å². The summed E-state index contributed by atoms with van der Waals surface area (Å²) in [6.07, 6.45) is 0. The summed E-state index contributed by atoms with van der Waals surface area (Å²) in [7, 11) is 1.72. The quantitative estimate of drug-likeness (QED) is 0.706. The van der Waals surface area contributed by atoms with E-state index >= 15 is 0 Å². The third kappa shape index (κ3) is 3.38. The standard InChI is InChI=1S/C20H18FNO2/c1-22(13-14-24-19-12-5-4-11-18(19)21)20(23)17-10-6-8-15-7-2-3-9-16(15)17/h2-12H,13-14H2,1H3. The van der Waals surface area contributed by atoms with Crippen molar-refractivity contribution in [2.24, 2.45) is 0 Å². The van der Waals surface area contributed by atoms with E-state index in [1.165, 1.54) is 6.07 Å². The first-order chi connectivity index (χ1) is 11.7. The zero-order valence-electron chi connectivity index (χ0n) is 13.4. The molecule has 1 amide bonds. The third-order valence-corrected chi connectivity index (χ3v) is 3.89. The van der Waals surface area contributed by atoms with E-state index < -0.39 is 5.82 Å². The van der Waals surface area contributed by atoms with E-state index in [-0.39, 0.29) is 18.3 Å². The van der Waals surface area contributed by atoms with Crippen molar-refractivity contribution in [2.75, 3.05) is 20.2 Å². The van der Waals surface area contributed by atoms with Gasteiger partial charge in [-0.3, -0.25) is 4.79 Å². The van der Waals surface area contributed by atoms with Crippen LogP contribution in [0, 0.1) is 5.82 Å². The van der Waals surface area contributed by atoms with E-state index in [1.54, 1.807) is 30.1 Å². The monoisotopic (exact) mass is 323 g/mol. The Morgan fingerprint density at radius 2 is 1.71 bits per heavy atom. The lowest BCUT2D eigenvalue weighted by atomic mass is 10.0. The van der Waals surface area contributed by atoms with Crippen molar-refractivity contribution in [3.8, 4) is 5.75 Å². The number of hydrogen-bond donors (Lipinski definition) is 0. The molecule has 122 valence electrons. The normalized spacial score (nSPS) is 10.6. The molecule has 0 spiro atoms. The van der Waals surface area contributed by atoms with Crippen LogP contribution in [0.2, 0.25) is 0 Å². The lowest BCUT2D eigenvalue weighted by Gasteiger charge is -2.18. The summed E-state index contributed by atoms with van der Waals surface area (Å²) in [5.74, 6) is -0.284. The Hall–Kier alpha value is -2.88. The highest BCUT2D eigenvalue weighted by Gasteiger charge is 2.14. The summed E-state index contributed by atoms with van der Waals surface area (Å²) in [5, 5.41) is 1.95. The first-order valence-corrected chi connectivity index (χ1v) is 7.77. The van der Waals surface area contributed by atoms with Crippen LogP contribution in [-0.4, -0.2) is 31.0 Å². The number of fused-ring (bicyclic) bond motifs is 1. The number of rotatable bonds is 5. The first-order valence-electron chi connectivity index (χ1n) is 7.77. The second-order valence-corrected chi connectivity index (χ2v) is 5.53. The number of hydrogen-bond acceptors (Lipinski definition) is 2. The summed E-state index contributed by atoms with van der Waals surface area (Å²) < 4.78 is 18.9. The van der Waals surface area contributed by atoms with Crippen LogP contribution in [0.3, 0.4) is 0 Å². The maximum Gasteiger partial charge on any atom is 0.254 e. The van der Waals surface area contributed by atoms with Gasteiger partial charge in [-0.15, -0.1) is 0 Å². The number of likely N-dealkylation sites (N-methyl/N-ethyl adjacent to an activating group) is 1. The minimum atomic E-state index is -0.402. The van der Waals surface area contributed by atoms with Gasteiger partial charge in [0.2, 0.25) is 0 Å². The molecule has 4 heteroatoms. The summed E-state index contributed by atoms with van der Waals surface area (Å²) in [4.78, 5) is 14.3. The first kappa shape index (κ1) is 16.0. The molecule has 0 atom stereocenters. The predicted octanol–water partition coefficient (Wildman–Crippen LogP) is 4.13. The van der Waals surface area contributed by atoms with Gasteiger partial charge in [-0.1, -0.05) is 48.5 Å². The van der Waals surface area contributed by atoms with E-state index in [9.17, 15) is 9.18 Å². The van der Waals surface area contributed by atoms with Crippen LogP contribution < -0.4 is 4.74 Å². The molecule has 0 saturated heterocycles. The van der Waals surface area contributed by atoms with Crippen LogP contribution in [0.25, 0.3) is 10.8 Å². The van der Waals surface area contributed by atoms with E-state index in [1.807, 2.05) is 42.5 Å². The Morgan fingerprint density at radius 1 is 1.00 bits per heavy atom. The van der Waals surface area contributed by atoms with Crippen molar-refractivity contribution in [3.05, 3.63) is 78.1 Å². The molecule has 0 fully saturated rings. The number of nitrogens with zero attached hydrogens (tertiary/aromatic N) is 1. The van der Waals surface area contributed by atoms with Crippen LogP contribution >= 0.6 is 0 Å². The number of carbonyl (C=O) groups excluding carboxylic acids is 1. The van der Waals surface area contributed by atoms with Gasteiger partial charge < -0.3 is 9.64 Å². The van der Waals surface area contributed by atoms with Gasteiger partial charge >= 0.3 is 0 Å². The van der Waals surface area contributed by atoms with Crippen LogP contribution in [0.5, 0.6) is 5.75 Å². The molecule has 0 aliphatic carbocycles. The predicted molar refractivity (Wildman–Crippen MR) is 92.8 cm³/mol. The molecular weight excluding hydrogens is 305 g/mol. The molecule has 0 radical (unpaired) electrons. The van der Waals surface area contributed by atoms with Crippen molar-refractivity contribution in [1.29, 1.82) is 0 Å². The summed E-state index contributed by atoms with van der Waals surface area (Å²) >= 11 is 0. The van der Waals surface area contributed by atoms with Gasteiger partial charge in [0.05, 0.1) is 6.54 Å². The molecule has 3 rings (SSSR count). The zero-order chi connectivity index (χ0) is 16.9. The molecule has 0 aromatic heterocycles. The fraction of sp³-hybridized carbons (Fsp3) is 0.150. The van der Waals surface area contributed by atoms with Gasteiger partial charge in [0, 0.05) is 12.6 Å². The van der Waals surface area contributed by atoms with Crippen LogP contribution in [0.4, 0.5) is 4.39 Å². The average Bonchev–Trinajstić information content (AvgIpc) is 2.62. The van der Waals surface area contributed by atoms with Gasteiger partial charge in [0.25, 0.3) is 5.91 Å². The summed E-state index contributed by atoms with van der Waals surface area (Å²) in [6, 6.07) is 19.7. The van der Waals surface area contributed by atoms with Crippen LogP contribution in [0.15, 0.2) is 66.7 Å². The molecule has 0 bridgehead atoms. The van der Waals surface area contributed by atoms with Gasteiger partial charge in [0.15, 0.2) is 11.6 Å². The molecule has 0 unspecified atom stereocenters. The van der Waals surface area contributed by atoms with E-state index in [0.29, 0.717) is 12.1 Å². The van der Waals surface area contributed by atoms with E-state index in [0.717, 1.165) is 10.8 Å². The highest BCUT2D eigenvalue weighted by Crippen LogP contribution is 2.20. The SMILES string of the molecule is CN(CCOc1ccccc1F)C(=O)c1cccc2ccccc12. The molecule has 0 aliphatic heterocycles.